The Kier molecular flexibility index (Phi) is 46.7. The second kappa shape index (κ2) is 54.3. The maximum absolute atomic E-state index is 12.6. The molecule has 12 fully saturated rings. The molecule has 135 heavy (non-hydrogen) atoms. The average Bonchev–Trinajstić information content (AvgIpc) is 1.35. The predicted molar refractivity (Wildman–Crippen MR) is 533 cm³/mol. The van der Waals surface area contributed by atoms with Gasteiger partial charge in [-0.05, 0) is 307 Å². The number of amides is 2. The first-order valence-corrected chi connectivity index (χ1v) is 49.7. The second-order valence-corrected chi connectivity index (χ2v) is 42.5. The topological polar surface area (TPSA) is 395 Å². The number of nitrogens with two attached hydrogens (primary N) is 1. The molecule has 8 heterocycles. The Hall–Kier alpha value is -7.55. The Bertz CT molecular complexity index is 4710. The van der Waals surface area contributed by atoms with E-state index in [0.717, 1.165) is 158 Å². The second-order valence-electron chi connectivity index (χ2n) is 40.4. The van der Waals surface area contributed by atoms with E-state index in [2.05, 4.69) is 159 Å². The van der Waals surface area contributed by atoms with Crippen LogP contribution in [0.5, 0.6) is 0 Å². The number of hydrogen-bond donors (Lipinski definition) is 6. The van der Waals surface area contributed by atoms with Crippen molar-refractivity contribution in [2.24, 2.45) is 86.6 Å². The number of carboxylic acid groups (broad SMARTS) is 1. The van der Waals surface area contributed by atoms with E-state index in [4.69, 9.17) is 60.5 Å². The van der Waals surface area contributed by atoms with Crippen molar-refractivity contribution < 1.29 is 97.3 Å². The van der Waals surface area contributed by atoms with Gasteiger partial charge in [-0.25, -0.2) is 38.9 Å². The molecule has 8 bridgehead atoms. The average molecular weight is 1940 g/mol. The third-order valence-corrected chi connectivity index (χ3v) is 29.4. The summed E-state index contributed by atoms with van der Waals surface area (Å²) in [4.78, 5) is 118. The molecule has 6 aromatic rings. The number of benzene rings is 2. The summed E-state index contributed by atoms with van der Waals surface area (Å²) >= 11 is 9.32. The third-order valence-electron chi connectivity index (χ3n) is 27.7. The molecule has 743 valence electrons. The summed E-state index contributed by atoms with van der Waals surface area (Å²) in [5.41, 5.74) is 15.6. The molecule has 37 heteroatoms. The van der Waals surface area contributed by atoms with Crippen LogP contribution in [0.2, 0.25) is 5.28 Å². The number of carboxylic acids is 1. The van der Waals surface area contributed by atoms with Gasteiger partial charge >= 0.3 is 53.7 Å². The molecule has 16 aliphatic rings. The number of ether oxygens (including phenoxy) is 4. The Morgan fingerprint density at radius 1 is 0.593 bits per heavy atom. The number of anilines is 7. The molecule has 2 amide bonds. The number of aliphatic hydroxyl groups is 1. The number of hydrogen-bond acceptors (Lipinski definition) is 32. The molecule has 32 nitrogen and oxygen atoms in total. The van der Waals surface area contributed by atoms with Crippen LogP contribution in [0.3, 0.4) is 0 Å². The molecule has 3 radical (unpaired) electrons. The van der Waals surface area contributed by atoms with Crippen LogP contribution in [0.4, 0.5) is 50.7 Å². The van der Waals surface area contributed by atoms with Gasteiger partial charge in [0.25, 0.3) is 0 Å². The number of likely N-dealkylation sites (N-methyl/N-ethyl adjacent to an activating group) is 1. The number of carbonyl (C=O) groups is 6. The van der Waals surface area contributed by atoms with Crippen LogP contribution in [-0.4, -0.2) is 244 Å². The molecule has 4 aliphatic heterocycles. The number of allylic oxidation sites excluding steroid dienone is 3. The van der Waals surface area contributed by atoms with Crippen molar-refractivity contribution in [3.63, 3.8) is 0 Å². The van der Waals surface area contributed by atoms with Gasteiger partial charge in [0.2, 0.25) is 35.0 Å². The standard InChI is InChI=1S/C30H42N8O2S.C19H22ClN7O2S.C11H21N.C11H19N.C10H14O.C4H6O4.2C4H8O.C2H4O2.C2H6O.CH5N.B.Na/c1-29(2,3)40-28(39)38-13-11-37(12-14-38)27-34-25(32-21-9-10-23-24(16-21)41-18-31-23)33-26(35-27)36(6)17-19-7-8-20-15-22(19)30(20,4)5;1-19(2,3)29-18(28)27-8-6-26(7-9-27)17-24-15(20)23-16(25-17)22-12-4-5-13-14(10-12)30-11-21-13;2*1-11(2)9-5-4-8(7-12-3)10(11)6-9;1-10(2)8-4-3-7(6-11)9(10)5-8;1-3(5)7-8-4(2)6;2*1-2-4-5-3-1;1-2(3)4;1-2-3;1-2;;/h9-10,16,18-20,22H,7-8,11-15,17H2,1-6H3,(H,32,33,34,35);4-5,10-11H,6-9H2,1-3H3,(H,22,23,24,25);8-10,12H,4-7H2,1-3H3;4,9-10,12H,5-7H2,1-3H3;3,6,8-9H,4-5H2,1-2H3;1-2H3;2*1-4H2;1H3,(H,3,4);3H,2H2,1H3;2H2,1H3;;/q;;;;;;;;;;;;+1/p-1/t19?,20-,22-;;8?,9-,10-;9-,10-;8-,9-;;;;;;;;/m0.000......../s1. The van der Waals surface area contributed by atoms with Crippen molar-refractivity contribution in [1.29, 1.82) is 0 Å². The molecule has 4 aromatic heterocycles. The molecule has 10 atom stereocenters. The normalized spacial score (nSPS) is 23.4. The fourth-order valence-electron chi connectivity index (χ4n) is 19.8. The fourth-order valence-corrected chi connectivity index (χ4v) is 21.4. The third kappa shape index (κ3) is 34.2. The molecule has 22 rings (SSSR count). The minimum atomic E-state index is -1.08. The maximum atomic E-state index is 12.6. The molecule has 2 unspecified atom stereocenters. The zero-order valence-corrected chi connectivity index (χ0v) is 89.1. The van der Waals surface area contributed by atoms with E-state index in [9.17, 15) is 24.0 Å². The molecular formula is C98H154BClN18NaO14S2. The van der Waals surface area contributed by atoms with E-state index in [0.29, 0.717) is 116 Å². The number of nitrogens with one attached hydrogen (secondary N) is 4. The first-order valence-electron chi connectivity index (χ1n) is 47.5. The first kappa shape index (κ1) is 116. The van der Waals surface area contributed by atoms with Crippen LogP contribution in [-0.2, 0) is 47.9 Å². The number of aliphatic carboxylic acids is 1. The predicted octanol–water partition coefficient (Wildman–Crippen LogP) is 13.0. The molecule has 2 aromatic carbocycles. The van der Waals surface area contributed by atoms with Gasteiger partial charge in [-0.1, -0.05) is 73.1 Å². The van der Waals surface area contributed by atoms with E-state index in [1.807, 2.05) is 94.8 Å². The van der Waals surface area contributed by atoms with Gasteiger partial charge in [0.1, 0.15) is 17.5 Å². The molecule has 0 spiro atoms. The number of aliphatic hydroxyl groups excluding tert-OH is 1. The fraction of sp³-hybridized carbons (Fsp3) is 0.694. The van der Waals surface area contributed by atoms with Gasteiger partial charge in [0.05, 0.1) is 31.5 Å². The van der Waals surface area contributed by atoms with Gasteiger partial charge in [-0.2, -0.15) is 29.9 Å². The van der Waals surface area contributed by atoms with Gasteiger partial charge in [0, 0.05) is 145 Å². The maximum Gasteiger partial charge on any atom is 1.00 e. The minimum absolute atomic E-state index is 0. The number of aldehydes is 1. The Labute approximate surface area is 839 Å². The summed E-state index contributed by atoms with van der Waals surface area (Å²) in [6.45, 7) is 47.5. The zero-order valence-electron chi connectivity index (χ0n) is 84.8. The van der Waals surface area contributed by atoms with Crippen LogP contribution in [0.15, 0.2) is 70.7 Å². The van der Waals surface area contributed by atoms with E-state index < -0.39 is 29.1 Å². The van der Waals surface area contributed by atoms with Crippen LogP contribution >= 0.6 is 34.3 Å². The van der Waals surface area contributed by atoms with Crippen LogP contribution in [0, 0.1) is 80.8 Å². The molecule has 12 aliphatic carbocycles. The molecule has 4 saturated heterocycles. The van der Waals surface area contributed by atoms with Crippen molar-refractivity contribution in [2.45, 2.75) is 226 Å². The van der Waals surface area contributed by atoms with Crippen LogP contribution in [0.1, 0.15) is 215 Å². The SMILES string of the molecule is C1CCOC1.C1CCOC1.CC(=O)OOC(C)=O.CC(=O)[O-].CC(C)(C)OC(=O)N1CCN(c2nc(Cl)nc(Nc3ccc4ncsc4c3)n2)CC1.CC1(C)[C@H]2CC=C(C=O)[C@@H]1C2.CCO.CN.CN(CC1CC[C@H]2C[C@@H]1C2(C)C)c1nc(Nc2ccc3ncsc3c2)nc(N2CCN(C(=O)OC(C)(C)C)CC2)n1.CNCC1=CC[C@H]2C[C@@H]1C2(C)C.CNCC1CC[C@H]2C[C@@H]1C2(C)C.[B].[Na+]. The summed E-state index contributed by atoms with van der Waals surface area (Å²) in [5.74, 6) is 8.87. The number of fused-ring (bicyclic) bond motifs is 8. The molecular weight excluding hydrogens is 1790 g/mol. The molecule has 8 saturated carbocycles. The van der Waals surface area contributed by atoms with Crippen molar-refractivity contribution in [2.75, 3.05) is 159 Å². The van der Waals surface area contributed by atoms with Crippen LogP contribution in [0.25, 0.3) is 20.4 Å². The first-order chi connectivity index (χ1) is 63.0. The van der Waals surface area contributed by atoms with Gasteiger partial charge in [0.15, 0.2) is 0 Å². The Morgan fingerprint density at radius 3 is 1.37 bits per heavy atom. The molecule has 7 N–H and O–H groups in total. The monoisotopic (exact) mass is 1940 g/mol. The van der Waals surface area contributed by atoms with E-state index in [1.54, 1.807) is 45.0 Å². The number of carbonyl (C=O) groups excluding carboxylic acids is 6. The number of rotatable bonds is 14. The van der Waals surface area contributed by atoms with E-state index in [1.165, 1.54) is 97.1 Å². The summed E-state index contributed by atoms with van der Waals surface area (Å²) in [7, 11) is 7.72. The zero-order chi connectivity index (χ0) is 97.8. The van der Waals surface area contributed by atoms with Gasteiger partial charge in [-0.3, -0.25) is 4.79 Å². The number of aromatic nitrogens is 8. The van der Waals surface area contributed by atoms with Gasteiger partial charge < -0.3 is 85.5 Å². The minimum Gasteiger partial charge on any atom is -0.550 e. The Balaban J connectivity index is 0.000000258. The van der Waals surface area contributed by atoms with Crippen molar-refractivity contribution in [3.05, 3.63) is 76.0 Å². The van der Waals surface area contributed by atoms with E-state index >= 15 is 0 Å². The van der Waals surface area contributed by atoms with Crippen molar-refractivity contribution in [3.8, 4) is 0 Å². The summed E-state index contributed by atoms with van der Waals surface area (Å²) in [6.07, 6.45) is 23.7. The number of thiazole rings is 2. The quantitative estimate of drug-likeness (QED) is 0.0194. The van der Waals surface area contributed by atoms with Gasteiger partial charge in [-0.15, -0.1) is 22.7 Å². The van der Waals surface area contributed by atoms with Crippen molar-refractivity contribution >= 4 is 141 Å². The summed E-state index contributed by atoms with van der Waals surface area (Å²) < 4.78 is 23.1. The Morgan fingerprint density at radius 2 is 1.01 bits per heavy atom. The number of piperazine rings is 2. The van der Waals surface area contributed by atoms with Crippen LogP contribution < -0.4 is 76.4 Å². The number of nitrogens with zero attached hydrogens (tertiary/aromatic N) is 13. The van der Waals surface area contributed by atoms with Crippen molar-refractivity contribution in [1.82, 2.24) is 60.3 Å². The number of halogens is 1. The summed E-state index contributed by atoms with van der Waals surface area (Å²) in [6, 6.07) is 11.9. The summed E-state index contributed by atoms with van der Waals surface area (Å²) in [5, 5.41) is 29.8. The smallest absolute Gasteiger partial charge is 0.550 e. The largest absolute Gasteiger partial charge is 1.00 e. The van der Waals surface area contributed by atoms with E-state index in [-0.39, 0.29) is 62.0 Å².